The number of benzene rings is 1. The largest absolute Gasteiger partial charge is 0.224 e. The summed E-state index contributed by atoms with van der Waals surface area (Å²) in [6.07, 6.45) is 0. The maximum atomic E-state index is 12.0. The smallest absolute Gasteiger partial charge is 0.179 e. The van der Waals surface area contributed by atoms with Gasteiger partial charge in [-0.1, -0.05) is 27.6 Å². The molecule has 0 atom stereocenters. The molecule has 0 unspecified atom stereocenters. The second-order valence-corrected chi connectivity index (χ2v) is 7.52. The summed E-state index contributed by atoms with van der Waals surface area (Å²) in [7, 11) is -3.24. The van der Waals surface area contributed by atoms with Crippen LogP contribution in [0.15, 0.2) is 21.9 Å². The molecule has 0 saturated heterocycles. The van der Waals surface area contributed by atoms with Gasteiger partial charge in [0.2, 0.25) is 0 Å². The number of hydrogen-bond donors (Lipinski definition) is 1. The van der Waals surface area contributed by atoms with Crippen LogP contribution < -0.4 is 0 Å². The molecule has 1 aromatic carbocycles. The van der Waals surface area contributed by atoms with Crippen molar-refractivity contribution < 1.29 is 23.0 Å². The van der Waals surface area contributed by atoms with E-state index < -0.39 is 9.84 Å². The molecule has 0 spiro atoms. The van der Waals surface area contributed by atoms with Gasteiger partial charge in [-0.25, -0.2) is 13.7 Å². The Bertz CT molecular complexity index is 515. The minimum atomic E-state index is -3.24. The number of sulfone groups is 1. The lowest BCUT2D eigenvalue weighted by atomic mass is 10.2. The van der Waals surface area contributed by atoms with Crippen LogP contribution in [0.1, 0.15) is 11.1 Å². The Kier molecular flexibility index (Phi) is 6.35. The van der Waals surface area contributed by atoms with Crippen molar-refractivity contribution in [2.75, 3.05) is 10.2 Å². The fraction of sp³-hybridized carbons (Fsp3) is 0.400. The van der Waals surface area contributed by atoms with E-state index in [1.807, 2.05) is 22.6 Å². The van der Waals surface area contributed by atoms with Crippen molar-refractivity contribution in [3.8, 4) is 0 Å². The Morgan fingerprint density at radius 1 is 1.33 bits per heavy atom. The lowest BCUT2D eigenvalue weighted by Crippen LogP contribution is -2.10. The van der Waals surface area contributed by atoms with E-state index in [9.17, 15) is 8.42 Å². The second-order valence-electron chi connectivity index (χ2n) is 3.62. The van der Waals surface area contributed by atoms with E-state index in [-0.39, 0.29) is 5.75 Å². The molecule has 1 N–H and O–H groups in total. The van der Waals surface area contributed by atoms with E-state index in [1.165, 1.54) is 0 Å². The molecule has 0 fully saturated rings. The summed E-state index contributed by atoms with van der Waals surface area (Å²) in [5.41, 5.74) is 1.39. The highest BCUT2D eigenvalue weighted by Gasteiger charge is 2.18. The average Bonchev–Trinajstić information content (AvgIpc) is 2.29. The first-order valence-electron chi connectivity index (χ1n) is 4.97. The topological polar surface area (TPSA) is 72.8 Å². The van der Waals surface area contributed by atoms with Crippen molar-refractivity contribution in [3.05, 3.63) is 23.3 Å². The van der Waals surface area contributed by atoms with Crippen LogP contribution in [-0.4, -0.2) is 23.9 Å². The Morgan fingerprint density at radius 2 is 2.00 bits per heavy atom. The molecule has 102 valence electrons. The van der Waals surface area contributed by atoms with Crippen LogP contribution >= 0.6 is 34.6 Å². The molecule has 0 radical (unpaired) electrons. The van der Waals surface area contributed by atoms with Gasteiger partial charge in [-0.15, -0.1) is 4.33 Å². The first-order chi connectivity index (χ1) is 8.42. The SMILES string of the molecule is Cc1cc(S(=O)(=O)CCI)c(C)cc1SOOO. The maximum absolute atomic E-state index is 12.0. The van der Waals surface area contributed by atoms with Crippen molar-refractivity contribution >= 4 is 44.5 Å². The van der Waals surface area contributed by atoms with Crippen LogP contribution in [0.4, 0.5) is 0 Å². The van der Waals surface area contributed by atoms with Crippen LogP contribution in [-0.2, 0) is 19.2 Å². The monoisotopic (exact) mass is 404 g/mol. The summed E-state index contributed by atoms with van der Waals surface area (Å²) in [6, 6.07) is 3.30. The standard InChI is InChI=1S/C10H13IO5S2/c1-7-6-10(18(13,14)4-3-11)8(2)5-9(7)17-16-15-12/h5-6,12H,3-4H2,1-2H3. The molecule has 5 nitrogen and oxygen atoms in total. The van der Waals surface area contributed by atoms with Crippen molar-refractivity contribution in [1.82, 2.24) is 0 Å². The minimum Gasteiger partial charge on any atom is -0.224 e. The maximum Gasteiger partial charge on any atom is 0.179 e. The van der Waals surface area contributed by atoms with Gasteiger partial charge in [-0.3, -0.25) is 0 Å². The number of alkyl halides is 1. The van der Waals surface area contributed by atoms with Gasteiger partial charge in [0.15, 0.2) is 9.84 Å². The van der Waals surface area contributed by atoms with E-state index in [0.29, 0.717) is 19.8 Å². The van der Waals surface area contributed by atoms with E-state index in [2.05, 4.69) is 9.37 Å². The lowest BCUT2D eigenvalue weighted by Gasteiger charge is -2.10. The summed E-state index contributed by atoms with van der Waals surface area (Å²) in [4.78, 5) is 1.03. The molecule has 0 amide bonds. The normalized spacial score (nSPS) is 11.8. The molecule has 0 aliphatic heterocycles. The Morgan fingerprint density at radius 3 is 2.56 bits per heavy atom. The lowest BCUT2D eigenvalue weighted by molar-refractivity contribution is -0.432. The molecule has 0 aliphatic carbocycles. The highest BCUT2D eigenvalue weighted by Crippen LogP contribution is 2.29. The molecule has 1 rings (SSSR count). The molecular weight excluding hydrogens is 391 g/mol. The summed E-state index contributed by atoms with van der Waals surface area (Å²) >= 11 is 2.86. The number of aryl methyl sites for hydroxylation is 2. The second kappa shape index (κ2) is 7.06. The van der Waals surface area contributed by atoms with Crippen LogP contribution in [0, 0.1) is 13.8 Å². The van der Waals surface area contributed by atoms with Gasteiger partial charge >= 0.3 is 0 Å². The first-order valence-corrected chi connectivity index (χ1v) is 8.89. The van der Waals surface area contributed by atoms with Crippen molar-refractivity contribution in [1.29, 1.82) is 0 Å². The Hall–Kier alpha value is 0.130. The number of hydrogen-bond acceptors (Lipinski definition) is 6. The summed E-state index contributed by atoms with van der Waals surface area (Å²) in [5.74, 6) is 0.122. The third-order valence-electron chi connectivity index (χ3n) is 2.31. The molecule has 0 saturated carbocycles. The molecule has 0 aromatic heterocycles. The average molecular weight is 404 g/mol. The summed E-state index contributed by atoms with van der Waals surface area (Å²) in [6.45, 7) is 3.50. The van der Waals surface area contributed by atoms with Crippen molar-refractivity contribution in [2.24, 2.45) is 0 Å². The van der Waals surface area contributed by atoms with Gasteiger partial charge < -0.3 is 0 Å². The number of halogens is 1. The van der Waals surface area contributed by atoms with Gasteiger partial charge in [0.1, 0.15) is 0 Å². The Balaban J connectivity index is 3.15. The molecule has 0 bridgehead atoms. The van der Waals surface area contributed by atoms with Gasteiger partial charge in [0, 0.05) is 9.32 Å². The third-order valence-corrected chi connectivity index (χ3v) is 6.18. The summed E-state index contributed by atoms with van der Waals surface area (Å²) < 4.78 is 28.9. The van der Waals surface area contributed by atoms with E-state index in [0.717, 1.165) is 17.6 Å². The van der Waals surface area contributed by atoms with Crippen LogP contribution in [0.2, 0.25) is 0 Å². The van der Waals surface area contributed by atoms with Gasteiger partial charge in [0.25, 0.3) is 0 Å². The Labute approximate surface area is 124 Å². The quantitative estimate of drug-likeness (QED) is 0.259. The predicted molar refractivity (Wildman–Crippen MR) is 77.5 cm³/mol. The fourth-order valence-electron chi connectivity index (χ4n) is 1.45. The van der Waals surface area contributed by atoms with Gasteiger partial charge in [0.05, 0.1) is 22.7 Å². The molecule has 1 aromatic rings. The van der Waals surface area contributed by atoms with Crippen molar-refractivity contribution in [3.63, 3.8) is 0 Å². The predicted octanol–water partition coefficient (Wildman–Crippen LogP) is 2.94. The van der Waals surface area contributed by atoms with E-state index in [4.69, 9.17) is 5.26 Å². The molecular formula is C10H13IO5S2. The fourth-order valence-corrected chi connectivity index (χ4v) is 5.04. The van der Waals surface area contributed by atoms with Crippen molar-refractivity contribution in [2.45, 2.75) is 23.6 Å². The van der Waals surface area contributed by atoms with E-state index in [1.54, 1.807) is 26.0 Å². The third kappa shape index (κ3) is 4.07. The molecule has 0 heterocycles. The van der Waals surface area contributed by atoms with Gasteiger partial charge in [-0.05, 0) is 37.1 Å². The highest BCUT2D eigenvalue weighted by molar-refractivity contribution is 14.1. The summed E-state index contributed by atoms with van der Waals surface area (Å²) in [5, 5.41) is 11.6. The minimum absolute atomic E-state index is 0.122. The number of rotatable bonds is 6. The van der Waals surface area contributed by atoms with Crippen LogP contribution in [0.3, 0.4) is 0 Å². The molecule has 18 heavy (non-hydrogen) atoms. The van der Waals surface area contributed by atoms with E-state index >= 15 is 0 Å². The zero-order valence-electron chi connectivity index (χ0n) is 9.84. The highest BCUT2D eigenvalue weighted by atomic mass is 127. The van der Waals surface area contributed by atoms with Crippen LogP contribution in [0.25, 0.3) is 0 Å². The zero-order chi connectivity index (χ0) is 13.8. The zero-order valence-corrected chi connectivity index (χ0v) is 13.6. The van der Waals surface area contributed by atoms with Gasteiger partial charge in [-0.2, -0.15) is 0 Å². The molecule has 0 aliphatic rings. The first kappa shape index (κ1) is 16.2. The molecule has 8 heteroatoms. The van der Waals surface area contributed by atoms with Crippen LogP contribution in [0.5, 0.6) is 0 Å².